The predicted molar refractivity (Wildman–Crippen MR) is 54.7 cm³/mol. The summed E-state index contributed by atoms with van der Waals surface area (Å²) in [7, 11) is 0. The van der Waals surface area contributed by atoms with Crippen molar-refractivity contribution in [1.82, 2.24) is 4.90 Å². The average Bonchev–Trinajstić information content (AvgIpc) is 2.01. The molecule has 1 heterocycles. The number of hydrogen-bond donors (Lipinski definition) is 2. The first-order valence-corrected chi connectivity index (χ1v) is 5.13. The monoisotopic (exact) mass is 200 g/mol. The lowest BCUT2D eigenvalue weighted by Crippen LogP contribution is -2.46. The van der Waals surface area contributed by atoms with E-state index in [4.69, 9.17) is 5.73 Å². The molecule has 0 aromatic heterocycles. The van der Waals surface area contributed by atoms with Crippen LogP contribution in [0.4, 0.5) is 0 Å². The minimum Gasteiger partial charge on any atom is -0.391 e. The standard InChI is InChI=1S/C10H20N2O2/c1-10(2,11)6-9(14)12-5-3-4-8(13)7-12/h8,13H,3-7,11H2,1-2H3. The van der Waals surface area contributed by atoms with E-state index in [9.17, 15) is 9.90 Å². The van der Waals surface area contributed by atoms with Crippen LogP contribution in [-0.4, -0.2) is 40.6 Å². The van der Waals surface area contributed by atoms with Gasteiger partial charge < -0.3 is 15.7 Å². The number of piperidine rings is 1. The van der Waals surface area contributed by atoms with Gasteiger partial charge in [-0.25, -0.2) is 0 Å². The molecule has 0 aromatic carbocycles. The minimum absolute atomic E-state index is 0.0521. The average molecular weight is 200 g/mol. The van der Waals surface area contributed by atoms with Crippen molar-refractivity contribution in [1.29, 1.82) is 0 Å². The smallest absolute Gasteiger partial charge is 0.224 e. The Kier molecular flexibility index (Phi) is 3.50. The molecule has 1 atom stereocenters. The second-order valence-corrected chi connectivity index (χ2v) is 4.80. The molecule has 14 heavy (non-hydrogen) atoms. The first kappa shape index (κ1) is 11.5. The van der Waals surface area contributed by atoms with E-state index in [1.54, 1.807) is 4.90 Å². The molecule has 0 aromatic rings. The van der Waals surface area contributed by atoms with Crippen molar-refractivity contribution >= 4 is 5.91 Å². The summed E-state index contributed by atoms with van der Waals surface area (Å²) in [5.41, 5.74) is 5.31. The van der Waals surface area contributed by atoms with Gasteiger partial charge in [0.15, 0.2) is 0 Å². The van der Waals surface area contributed by atoms with Gasteiger partial charge in [-0.3, -0.25) is 4.79 Å². The van der Waals surface area contributed by atoms with E-state index in [1.807, 2.05) is 13.8 Å². The van der Waals surface area contributed by atoms with Gasteiger partial charge in [-0.05, 0) is 26.7 Å². The van der Waals surface area contributed by atoms with E-state index in [0.29, 0.717) is 13.0 Å². The summed E-state index contributed by atoms with van der Waals surface area (Å²) in [6.45, 7) is 4.90. The second kappa shape index (κ2) is 4.28. The Hall–Kier alpha value is -0.610. The zero-order chi connectivity index (χ0) is 10.8. The quantitative estimate of drug-likeness (QED) is 0.664. The number of carbonyl (C=O) groups excluding carboxylic acids is 1. The minimum atomic E-state index is -0.459. The molecule has 1 unspecified atom stereocenters. The SMILES string of the molecule is CC(C)(N)CC(=O)N1CCCC(O)C1. The largest absolute Gasteiger partial charge is 0.391 e. The molecule has 4 nitrogen and oxygen atoms in total. The van der Waals surface area contributed by atoms with Gasteiger partial charge in [0.25, 0.3) is 0 Å². The van der Waals surface area contributed by atoms with E-state index in [0.717, 1.165) is 19.4 Å². The molecule has 3 N–H and O–H groups in total. The maximum absolute atomic E-state index is 11.7. The number of nitrogens with two attached hydrogens (primary N) is 1. The van der Waals surface area contributed by atoms with Crippen molar-refractivity contribution in [3.05, 3.63) is 0 Å². The van der Waals surface area contributed by atoms with Gasteiger partial charge in [0.1, 0.15) is 0 Å². The third kappa shape index (κ3) is 3.64. The molecular formula is C10H20N2O2. The molecular weight excluding hydrogens is 180 g/mol. The van der Waals surface area contributed by atoms with E-state index in [2.05, 4.69) is 0 Å². The predicted octanol–water partition coefficient (Wildman–Crippen LogP) is 0.0971. The maximum atomic E-state index is 11.7. The van der Waals surface area contributed by atoms with Gasteiger partial charge in [0, 0.05) is 25.0 Å². The molecule has 1 aliphatic rings. The van der Waals surface area contributed by atoms with Gasteiger partial charge in [0.05, 0.1) is 6.10 Å². The van der Waals surface area contributed by atoms with Crippen LogP contribution in [0.15, 0.2) is 0 Å². The molecule has 1 rings (SSSR count). The molecule has 0 spiro atoms. The van der Waals surface area contributed by atoms with Crippen LogP contribution in [-0.2, 0) is 4.79 Å². The number of amides is 1. The molecule has 0 saturated carbocycles. The summed E-state index contributed by atoms with van der Waals surface area (Å²) in [5, 5.41) is 9.40. The third-order valence-electron chi connectivity index (χ3n) is 2.36. The van der Waals surface area contributed by atoms with Crippen LogP contribution in [0.1, 0.15) is 33.1 Å². The summed E-state index contributed by atoms with van der Waals surface area (Å²) < 4.78 is 0. The fraction of sp³-hybridized carbons (Fsp3) is 0.900. The third-order valence-corrected chi connectivity index (χ3v) is 2.36. The lowest BCUT2D eigenvalue weighted by atomic mass is 10.00. The summed E-state index contributed by atoms with van der Waals surface area (Å²) in [4.78, 5) is 13.4. The Morgan fingerprint density at radius 2 is 2.29 bits per heavy atom. The molecule has 4 heteroatoms. The molecule has 1 fully saturated rings. The topological polar surface area (TPSA) is 66.6 Å². The van der Waals surface area contributed by atoms with Crippen molar-refractivity contribution in [3.8, 4) is 0 Å². The fourth-order valence-electron chi connectivity index (χ4n) is 1.68. The molecule has 0 bridgehead atoms. The Morgan fingerprint density at radius 3 is 2.79 bits per heavy atom. The summed E-state index contributed by atoms with van der Waals surface area (Å²) in [5.74, 6) is 0.0521. The number of rotatable bonds is 2. The van der Waals surface area contributed by atoms with Crippen LogP contribution in [0, 0.1) is 0 Å². The van der Waals surface area contributed by atoms with E-state index < -0.39 is 5.54 Å². The number of aliphatic hydroxyl groups excluding tert-OH is 1. The van der Waals surface area contributed by atoms with Gasteiger partial charge in [-0.1, -0.05) is 0 Å². The molecule has 82 valence electrons. The Balaban J connectivity index is 2.44. The van der Waals surface area contributed by atoms with Crippen LogP contribution in [0.25, 0.3) is 0 Å². The van der Waals surface area contributed by atoms with E-state index in [-0.39, 0.29) is 12.0 Å². The summed E-state index contributed by atoms with van der Waals surface area (Å²) >= 11 is 0. The van der Waals surface area contributed by atoms with Crippen molar-refractivity contribution in [2.45, 2.75) is 44.8 Å². The zero-order valence-corrected chi connectivity index (χ0v) is 8.99. The lowest BCUT2D eigenvalue weighted by Gasteiger charge is -2.32. The van der Waals surface area contributed by atoms with Crippen LogP contribution >= 0.6 is 0 Å². The summed E-state index contributed by atoms with van der Waals surface area (Å²) in [6, 6.07) is 0. The van der Waals surface area contributed by atoms with Gasteiger partial charge in [0.2, 0.25) is 5.91 Å². The number of β-amino-alcohol motifs (C(OH)–C–C–N with tert-alkyl or cyclic N) is 1. The number of aliphatic hydroxyl groups is 1. The number of nitrogens with zero attached hydrogens (tertiary/aromatic N) is 1. The van der Waals surface area contributed by atoms with Crippen molar-refractivity contribution < 1.29 is 9.90 Å². The highest BCUT2D eigenvalue weighted by molar-refractivity contribution is 5.77. The van der Waals surface area contributed by atoms with Crippen LogP contribution in [0.3, 0.4) is 0 Å². The molecule has 0 radical (unpaired) electrons. The lowest BCUT2D eigenvalue weighted by molar-refractivity contribution is -0.135. The highest BCUT2D eigenvalue weighted by Crippen LogP contribution is 2.13. The highest BCUT2D eigenvalue weighted by atomic mass is 16.3. The maximum Gasteiger partial charge on any atom is 0.224 e. The highest BCUT2D eigenvalue weighted by Gasteiger charge is 2.25. The van der Waals surface area contributed by atoms with Crippen LogP contribution in [0.2, 0.25) is 0 Å². The molecule has 1 saturated heterocycles. The van der Waals surface area contributed by atoms with Crippen LogP contribution in [0.5, 0.6) is 0 Å². The summed E-state index contributed by atoms with van der Waals surface area (Å²) in [6.07, 6.45) is 1.68. The molecule has 1 aliphatic heterocycles. The fourth-order valence-corrected chi connectivity index (χ4v) is 1.68. The first-order valence-electron chi connectivity index (χ1n) is 5.13. The number of hydrogen-bond acceptors (Lipinski definition) is 3. The first-order chi connectivity index (χ1) is 6.38. The molecule has 1 amide bonds. The Labute approximate surface area is 85.1 Å². The Bertz CT molecular complexity index is 211. The van der Waals surface area contributed by atoms with Gasteiger partial charge in [-0.2, -0.15) is 0 Å². The molecule has 0 aliphatic carbocycles. The van der Waals surface area contributed by atoms with Crippen molar-refractivity contribution in [3.63, 3.8) is 0 Å². The number of carbonyl (C=O) groups is 1. The van der Waals surface area contributed by atoms with Crippen molar-refractivity contribution in [2.24, 2.45) is 5.73 Å². The van der Waals surface area contributed by atoms with Gasteiger partial charge >= 0.3 is 0 Å². The zero-order valence-electron chi connectivity index (χ0n) is 8.99. The normalized spacial score (nSPS) is 23.7. The van der Waals surface area contributed by atoms with E-state index in [1.165, 1.54) is 0 Å². The second-order valence-electron chi connectivity index (χ2n) is 4.80. The van der Waals surface area contributed by atoms with E-state index >= 15 is 0 Å². The Morgan fingerprint density at radius 1 is 1.64 bits per heavy atom. The number of likely N-dealkylation sites (tertiary alicyclic amines) is 1. The van der Waals surface area contributed by atoms with Crippen LogP contribution < -0.4 is 5.73 Å². The van der Waals surface area contributed by atoms with Crippen molar-refractivity contribution in [2.75, 3.05) is 13.1 Å². The van der Waals surface area contributed by atoms with Gasteiger partial charge in [-0.15, -0.1) is 0 Å².